The number of anilines is 1. The molecule has 0 saturated carbocycles. The highest BCUT2D eigenvalue weighted by Crippen LogP contribution is 2.25. The number of nitrogens with one attached hydrogen (secondary N) is 1. The van der Waals surface area contributed by atoms with E-state index >= 15 is 0 Å². The molecule has 3 rings (SSSR count). The molecule has 0 atom stereocenters. The Bertz CT molecular complexity index is 961. The number of carbonyl (C=O) groups is 1. The van der Waals surface area contributed by atoms with Crippen LogP contribution in [-0.4, -0.2) is 5.91 Å². The summed E-state index contributed by atoms with van der Waals surface area (Å²) in [4.78, 5) is 12.5. The predicted octanol–water partition coefficient (Wildman–Crippen LogP) is 5.26. The van der Waals surface area contributed by atoms with E-state index in [1.54, 1.807) is 36.4 Å². The number of terminal acetylenes is 1. The standard InChI is InChI=1S/C22H16BrNO2/c1-2-16-9-6-10-18(13-16)24-22(25)20-12-11-19(14-21(20)23)26-15-17-7-4-3-5-8-17/h1,3-14H,15H2,(H,24,25). The zero-order valence-electron chi connectivity index (χ0n) is 13.9. The van der Waals surface area contributed by atoms with Crippen LogP contribution in [-0.2, 0) is 6.61 Å². The van der Waals surface area contributed by atoms with Gasteiger partial charge in [-0.3, -0.25) is 4.79 Å². The van der Waals surface area contributed by atoms with Gasteiger partial charge in [0.1, 0.15) is 12.4 Å². The average Bonchev–Trinajstić information content (AvgIpc) is 2.67. The zero-order valence-corrected chi connectivity index (χ0v) is 15.5. The van der Waals surface area contributed by atoms with E-state index in [1.165, 1.54) is 0 Å². The minimum Gasteiger partial charge on any atom is -0.489 e. The van der Waals surface area contributed by atoms with E-state index < -0.39 is 0 Å². The van der Waals surface area contributed by atoms with Gasteiger partial charge in [0.05, 0.1) is 5.56 Å². The maximum absolute atomic E-state index is 12.5. The van der Waals surface area contributed by atoms with E-state index in [9.17, 15) is 4.79 Å². The summed E-state index contributed by atoms with van der Waals surface area (Å²) in [5.41, 5.74) is 2.97. The Morgan fingerprint density at radius 2 is 1.85 bits per heavy atom. The number of halogens is 1. The van der Waals surface area contributed by atoms with Gasteiger partial charge in [0.25, 0.3) is 5.91 Å². The van der Waals surface area contributed by atoms with Crippen LogP contribution in [0.15, 0.2) is 77.3 Å². The van der Waals surface area contributed by atoms with Gasteiger partial charge in [-0.1, -0.05) is 42.3 Å². The highest BCUT2D eigenvalue weighted by Gasteiger charge is 2.11. The Hall–Kier alpha value is -3.03. The van der Waals surface area contributed by atoms with E-state index in [1.807, 2.05) is 36.4 Å². The Labute approximate surface area is 161 Å². The summed E-state index contributed by atoms with van der Waals surface area (Å²) < 4.78 is 6.43. The van der Waals surface area contributed by atoms with Crippen LogP contribution in [0.2, 0.25) is 0 Å². The molecule has 26 heavy (non-hydrogen) atoms. The van der Waals surface area contributed by atoms with Gasteiger partial charge >= 0.3 is 0 Å². The number of benzene rings is 3. The summed E-state index contributed by atoms with van der Waals surface area (Å²) in [7, 11) is 0. The van der Waals surface area contributed by atoms with Crippen molar-refractivity contribution >= 4 is 27.5 Å². The smallest absolute Gasteiger partial charge is 0.256 e. The van der Waals surface area contributed by atoms with E-state index in [0.717, 1.165) is 5.56 Å². The maximum Gasteiger partial charge on any atom is 0.256 e. The summed E-state index contributed by atoms with van der Waals surface area (Å²) in [6.07, 6.45) is 5.39. The van der Waals surface area contributed by atoms with Crippen molar-refractivity contribution < 1.29 is 9.53 Å². The quantitative estimate of drug-likeness (QED) is 0.587. The fourth-order valence-corrected chi connectivity index (χ4v) is 2.93. The molecule has 0 fully saturated rings. The SMILES string of the molecule is C#Cc1cccc(NC(=O)c2ccc(OCc3ccccc3)cc2Br)c1. The number of hydrogen-bond acceptors (Lipinski definition) is 2. The molecule has 0 aliphatic heterocycles. The van der Waals surface area contributed by atoms with Crippen molar-refractivity contribution in [2.24, 2.45) is 0 Å². The number of hydrogen-bond donors (Lipinski definition) is 1. The van der Waals surface area contributed by atoms with Crippen LogP contribution in [0.3, 0.4) is 0 Å². The van der Waals surface area contributed by atoms with E-state index in [4.69, 9.17) is 11.2 Å². The van der Waals surface area contributed by atoms with Crippen molar-refractivity contribution in [3.63, 3.8) is 0 Å². The first-order valence-electron chi connectivity index (χ1n) is 8.00. The van der Waals surface area contributed by atoms with Gasteiger partial charge in [0.15, 0.2) is 0 Å². The van der Waals surface area contributed by atoms with Crippen molar-refractivity contribution in [2.75, 3.05) is 5.32 Å². The molecule has 1 N–H and O–H groups in total. The fraction of sp³-hybridized carbons (Fsp3) is 0.0455. The molecule has 0 heterocycles. The Morgan fingerprint density at radius 1 is 1.04 bits per heavy atom. The predicted molar refractivity (Wildman–Crippen MR) is 107 cm³/mol. The number of amides is 1. The molecule has 128 valence electrons. The Morgan fingerprint density at radius 3 is 2.58 bits per heavy atom. The molecule has 0 aromatic heterocycles. The van der Waals surface area contributed by atoms with Gasteiger partial charge < -0.3 is 10.1 Å². The van der Waals surface area contributed by atoms with E-state index in [-0.39, 0.29) is 5.91 Å². The van der Waals surface area contributed by atoms with Gasteiger partial charge in [0, 0.05) is 15.7 Å². The first-order chi connectivity index (χ1) is 12.7. The second-order valence-electron chi connectivity index (χ2n) is 5.60. The Balaban J connectivity index is 1.68. The molecule has 0 bridgehead atoms. The third-order valence-electron chi connectivity index (χ3n) is 3.72. The lowest BCUT2D eigenvalue weighted by molar-refractivity contribution is 0.102. The summed E-state index contributed by atoms with van der Waals surface area (Å²) in [6, 6.07) is 22.4. The van der Waals surface area contributed by atoms with Crippen LogP contribution in [0.1, 0.15) is 21.5 Å². The van der Waals surface area contributed by atoms with Gasteiger partial charge in [0.2, 0.25) is 0 Å². The third-order valence-corrected chi connectivity index (χ3v) is 4.38. The third kappa shape index (κ3) is 4.53. The van der Waals surface area contributed by atoms with Crippen LogP contribution in [0.25, 0.3) is 0 Å². The van der Waals surface area contributed by atoms with Gasteiger partial charge in [-0.2, -0.15) is 0 Å². The molecule has 0 aliphatic rings. The second-order valence-corrected chi connectivity index (χ2v) is 6.45. The average molecular weight is 406 g/mol. The zero-order chi connectivity index (χ0) is 18.4. The monoisotopic (exact) mass is 405 g/mol. The van der Waals surface area contributed by atoms with Crippen LogP contribution in [0, 0.1) is 12.3 Å². The maximum atomic E-state index is 12.5. The van der Waals surface area contributed by atoms with Gasteiger partial charge in [-0.25, -0.2) is 0 Å². The van der Waals surface area contributed by atoms with Gasteiger partial charge in [-0.15, -0.1) is 6.42 Å². The minimum absolute atomic E-state index is 0.222. The molecule has 3 aromatic rings. The lowest BCUT2D eigenvalue weighted by atomic mass is 10.1. The molecule has 0 aliphatic carbocycles. The molecule has 1 amide bonds. The van der Waals surface area contributed by atoms with Crippen LogP contribution in [0.4, 0.5) is 5.69 Å². The topological polar surface area (TPSA) is 38.3 Å². The molecule has 3 nitrogen and oxygen atoms in total. The molecule has 0 spiro atoms. The van der Waals surface area contributed by atoms with Crippen molar-refractivity contribution in [3.05, 3.63) is 94.0 Å². The molecule has 0 saturated heterocycles. The Kier molecular flexibility index (Phi) is 5.73. The normalized spacial score (nSPS) is 10.0. The van der Waals surface area contributed by atoms with Crippen LogP contribution >= 0.6 is 15.9 Å². The number of carbonyl (C=O) groups excluding carboxylic acids is 1. The largest absolute Gasteiger partial charge is 0.489 e. The highest BCUT2D eigenvalue weighted by atomic mass is 79.9. The van der Waals surface area contributed by atoms with Crippen molar-refractivity contribution in [3.8, 4) is 18.1 Å². The lowest BCUT2D eigenvalue weighted by Gasteiger charge is -2.10. The summed E-state index contributed by atoms with van der Waals surface area (Å²) >= 11 is 3.44. The minimum atomic E-state index is -0.222. The molecular formula is C22H16BrNO2. The fourth-order valence-electron chi connectivity index (χ4n) is 2.40. The first kappa shape index (κ1) is 17.8. The number of rotatable bonds is 5. The lowest BCUT2D eigenvalue weighted by Crippen LogP contribution is -2.12. The summed E-state index contributed by atoms with van der Waals surface area (Å²) in [5, 5.41) is 2.85. The number of ether oxygens (including phenoxy) is 1. The van der Waals surface area contributed by atoms with Gasteiger partial charge in [-0.05, 0) is 57.9 Å². The summed E-state index contributed by atoms with van der Waals surface area (Å²) in [6.45, 7) is 0.470. The second kappa shape index (κ2) is 8.37. The van der Waals surface area contributed by atoms with Crippen LogP contribution in [0.5, 0.6) is 5.75 Å². The molecule has 0 radical (unpaired) electrons. The van der Waals surface area contributed by atoms with Crippen molar-refractivity contribution in [2.45, 2.75) is 6.61 Å². The van der Waals surface area contributed by atoms with Crippen LogP contribution < -0.4 is 10.1 Å². The molecule has 4 heteroatoms. The van der Waals surface area contributed by atoms with E-state index in [2.05, 4.69) is 27.2 Å². The molecular weight excluding hydrogens is 390 g/mol. The van der Waals surface area contributed by atoms with Crippen molar-refractivity contribution in [1.29, 1.82) is 0 Å². The summed E-state index contributed by atoms with van der Waals surface area (Å²) in [5.74, 6) is 3.01. The highest BCUT2D eigenvalue weighted by molar-refractivity contribution is 9.10. The molecule has 3 aromatic carbocycles. The van der Waals surface area contributed by atoms with Crippen molar-refractivity contribution in [1.82, 2.24) is 0 Å². The van der Waals surface area contributed by atoms with E-state index in [0.29, 0.717) is 33.6 Å². The first-order valence-corrected chi connectivity index (χ1v) is 8.79. The molecule has 0 unspecified atom stereocenters.